The van der Waals surface area contributed by atoms with Crippen molar-refractivity contribution in [2.45, 2.75) is 19.4 Å². The van der Waals surface area contributed by atoms with E-state index in [0.29, 0.717) is 26.3 Å². The number of aromatic nitrogens is 1. The first-order valence-corrected chi connectivity index (χ1v) is 8.65. The van der Waals surface area contributed by atoms with Crippen LogP contribution in [0.4, 0.5) is 0 Å². The maximum atomic E-state index is 13.1. The predicted molar refractivity (Wildman–Crippen MR) is 95.3 cm³/mol. The average molecular weight is 340 g/mol. The van der Waals surface area contributed by atoms with Gasteiger partial charge in [-0.15, -0.1) is 0 Å². The summed E-state index contributed by atoms with van der Waals surface area (Å²) in [7, 11) is 1.68. The van der Waals surface area contributed by atoms with Gasteiger partial charge in [0.2, 0.25) is 5.91 Å². The van der Waals surface area contributed by atoms with E-state index in [2.05, 4.69) is 4.98 Å². The Labute approximate surface area is 148 Å². The summed E-state index contributed by atoms with van der Waals surface area (Å²) in [5.74, 6) is 0.897. The Bertz CT molecular complexity index is 690. The summed E-state index contributed by atoms with van der Waals surface area (Å²) in [6, 6.07) is 11.8. The van der Waals surface area contributed by atoms with Gasteiger partial charge in [0, 0.05) is 39.2 Å². The van der Waals surface area contributed by atoms with Crippen molar-refractivity contribution in [3.8, 4) is 5.75 Å². The standard InChI is InChI=1S/C20H24N2O3/c1-24-12-4-11-22(14-16-7-9-21-10-8-16)20(23)18-13-17-5-2-3-6-19(17)25-15-18/h2-3,5-10,18H,4,11-15H2,1H3/t18-/m1/s1. The average Bonchev–Trinajstić information content (AvgIpc) is 2.67. The van der Waals surface area contributed by atoms with Crippen LogP contribution in [0.15, 0.2) is 48.8 Å². The first kappa shape index (κ1) is 17.4. The molecule has 0 saturated carbocycles. The van der Waals surface area contributed by atoms with E-state index in [-0.39, 0.29) is 11.8 Å². The predicted octanol–water partition coefficient (Wildman–Crippen LogP) is 2.70. The third-order valence-electron chi connectivity index (χ3n) is 4.44. The van der Waals surface area contributed by atoms with Crippen molar-refractivity contribution < 1.29 is 14.3 Å². The second kappa shape index (κ2) is 8.62. The monoisotopic (exact) mass is 340 g/mol. The molecule has 0 bridgehead atoms. The van der Waals surface area contributed by atoms with E-state index in [4.69, 9.17) is 9.47 Å². The lowest BCUT2D eigenvalue weighted by molar-refractivity contribution is -0.137. The van der Waals surface area contributed by atoms with Crippen LogP contribution < -0.4 is 4.74 Å². The van der Waals surface area contributed by atoms with Gasteiger partial charge in [0.05, 0.1) is 5.92 Å². The van der Waals surface area contributed by atoms with Gasteiger partial charge in [0.15, 0.2) is 0 Å². The second-order valence-electron chi connectivity index (χ2n) is 6.28. The number of ether oxygens (including phenoxy) is 2. The zero-order chi connectivity index (χ0) is 17.5. The molecule has 132 valence electrons. The number of amides is 1. The summed E-state index contributed by atoms with van der Waals surface area (Å²) in [5.41, 5.74) is 2.19. The Hall–Kier alpha value is -2.40. The minimum absolute atomic E-state index is 0.140. The third-order valence-corrected chi connectivity index (χ3v) is 4.44. The van der Waals surface area contributed by atoms with Crippen LogP contribution in [0, 0.1) is 5.92 Å². The Kier molecular flexibility index (Phi) is 6.01. The largest absolute Gasteiger partial charge is 0.492 e. The molecule has 2 aromatic rings. The van der Waals surface area contributed by atoms with Gasteiger partial charge in [-0.2, -0.15) is 0 Å². The first-order valence-electron chi connectivity index (χ1n) is 8.65. The van der Waals surface area contributed by atoms with E-state index >= 15 is 0 Å². The minimum atomic E-state index is -0.140. The van der Waals surface area contributed by atoms with Gasteiger partial charge in [0.25, 0.3) is 0 Å². The van der Waals surface area contributed by atoms with Gasteiger partial charge in [-0.05, 0) is 42.2 Å². The van der Waals surface area contributed by atoms with E-state index < -0.39 is 0 Å². The number of pyridine rings is 1. The molecule has 0 spiro atoms. The maximum Gasteiger partial charge on any atom is 0.229 e. The van der Waals surface area contributed by atoms with E-state index in [1.54, 1.807) is 19.5 Å². The van der Waals surface area contributed by atoms with Crippen molar-refractivity contribution in [3.05, 3.63) is 59.9 Å². The highest BCUT2D eigenvalue weighted by atomic mass is 16.5. The molecule has 1 aromatic carbocycles. The molecular formula is C20H24N2O3. The number of nitrogens with zero attached hydrogens (tertiary/aromatic N) is 2. The molecule has 0 fully saturated rings. The SMILES string of the molecule is COCCCN(Cc1ccncc1)C(=O)[C@H]1COc2ccccc2C1. The van der Waals surface area contributed by atoms with Crippen LogP contribution in [0.1, 0.15) is 17.5 Å². The molecule has 25 heavy (non-hydrogen) atoms. The number of para-hydroxylation sites is 1. The highest BCUT2D eigenvalue weighted by Gasteiger charge is 2.29. The number of fused-ring (bicyclic) bond motifs is 1. The zero-order valence-corrected chi connectivity index (χ0v) is 14.6. The Morgan fingerprint density at radius 3 is 2.88 bits per heavy atom. The van der Waals surface area contributed by atoms with E-state index in [9.17, 15) is 4.79 Å². The van der Waals surface area contributed by atoms with Crippen molar-refractivity contribution in [1.82, 2.24) is 9.88 Å². The number of methoxy groups -OCH3 is 1. The molecule has 1 amide bonds. The summed E-state index contributed by atoms with van der Waals surface area (Å²) in [4.78, 5) is 19.1. The van der Waals surface area contributed by atoms with Crippen molar-refractivity contribution in [2.75, 3.05) is 26.9 Å². The molecule has 1 aliphatic heterocycles. The normalized spacial score (nSPS) is 16.0. The van der Waals surface area contributed by atoms with Gasteiger partial charge in [-0.25, -0.2) is 0 Å². The number of hydrogen-bond donors (Lipinski definition) is 0. The van der Waals surface area contributed by atoms with Gasteiger partial charge in [0.1, 0.15) is 12.4 Å². The molecule has 0 N–H and O–H groups in total. The van der Waals surface area contributed by atoms with Crippen LogP contribution in [0.2, 0.25) is 0 Å². The molecule has 0 radical (unpaired) electrons. The second-order valence-corrected chi connectivity index (χ2v) is 6.28. The molecule has 5 nitrogen and oxygen atoms in total. The summed E-state index contributed by atoms with van der Waals surface area (Å²) >= 11 is 0. The molecule has 0 aliphatic carbocycles. The zero-order valence-electron chi connectivity index (χ0n) is 14.6. The molecular weight excluding hydrogens is 316 g/mol. The Morgan fingerprint density at radius 1 is 1.28 bits per heavy atom. The van der Waals surface area contributed by atoms with Crippen LogP contribution in [0.3, 0.4) is 0 Å². The number of benzene rings is 1. The summed E-state index contributed by atoms with van der Waals surface area (Å²) < 4.78 is 10.9. The lowest BCUT2D eigenvalue weighted by atomic mass is 9.95. The summed E-state index contributed by atoms with van der Waals surface area (Å²) in [6.45, 7) is 2.34. The Balaban J connectivity index is 1.70. The topological polar surface area (TPSA) is 51.7 Å². The van der Waals surface area contributed by atoms with E-state index in [1.165, 1.54) is 0 Å². The van der Waals surface area contributed by atoms with E-state index in [1.807, 2.05) is 41.3 Å². The van der Waals surface area contributed by atoms with Crippen molar-refractivity contribution in [3.63, 3.8) is 0 Å². The van der Waals surface area contributed by atoms with Crippen molar-refractivity contribution in [2.24, 2.45) is 5.92 Å². The van der Waals surface area contributed by atoms with Crippen LogP contribution >= 0.6 is 0 Å². The van der Waals surface area contributed by atoms with Crippen molar-refractivity contribution >= 4 is 5.91 Å². The number of carbonyl (C=O) groups is 1. The summed E-state index contributed by atoms with van der Waals surface area (Å²) in [6.07, 6.45) is 5.06. The van der Waals surface area contributed by atoms with E-state index in [0.717, 1.165) is 29.7 Å². The first-order chi connectivity index (χ1) is 12.3. The number of carbonyl (C=O) groups excluding carboxylic acids is 1. The van der Waals surface area contributed by atoms with Crippen LogP contribution in [-0.2, 0) is 22.5 Å². The maximum absolute atomic E-state index is 13.1. The van der Waals surface area contributed by atoms with Gasteiger partial charge in [-0.1, -0.05) is 18.2 Å². The number of hydrogen-bond acceptors (Lipinski definition) is 4. The molecule has 2 heterocycles. The fraction of sp³-hybridized carbons (Fsp3) is 0.400. The quantitative estimate of drug-likeness (QED) is 0.727. The Morgan fingerprint density at radius 2 is 2.08 bits per heavy atom. The fourth-order valence-electron chi connectivity index (χ4n) is 3.12. The molecule has 0 unspecified atom stereocenters. The third kappa shape index (κ3) is 4.57. The number of rotatable bonds is 7. The van der Waals surface area contributed by atoms with Gasteiger partial charge in [-0.3, -0.25) is 9.78 Å². The highest BCUT2D eigenvalue weighted by molar-refractivity contribution is 5.79. The molecule has 3 rings (SSSR count). The molecule has 1 atom stereocenters. The fourth-order valence-corrected chi connectivity index (χ4v) is 3.12. The molecule has 5 heteroatoms. The van der Waals surface area contributed by atoms with Crippen LogP contribution in [-0.4, -0.2) is 42.7 Å². The van der Waals surface area contributed by atoms with Gasteiger partial charge >= 0.3 is 0 Å². The highest BCUT2D eigenvalue weighted by Crippen LogP contribution is 2.28. The van der Waals surface area contributed by atoms with Crippen LogP contribution in [0.25, 0.3) is 0 Å². The lowest BCUT2D eigenvalue weighted by Crippen LogP contribution is -2.41. The molecule has 0 saturated heterocycles. The minimum Gasteiger partial charge on any atom is -0.492 e. The van der Waals surface area contributed by atoms with Crippen LogP contribution in [0.5, 0.6) is 5.75 Å². The lowest BCUT2D eigenvalue weighted by Gasteiger charge is -2.30. The molecule has 1 aliphatic rings. The molecule has 1 aromatic heterocycles. The van der Waals surface area contributed by atoms with Gasteiger partial charge < -0.3 is 14.4 Å². The summed E-state index contributed by atoms with van der Waals surface area (Å²) in [5, 5.41) is 0. The smallest absolute Gasteiger partial charge is 0.229 e. The van der Waals surface area contributed by atoms with Crippen molar-refractivity contribution in [1.29, 1.82) is 0 Å².